The molecule has 0 atom stereocenters. The lowest BCUT2D eigenvalue weighted by Crippen LogP contribution is -2.12. The van der Waals surface area contributed by atoms with Crippen LogP contribution in [0, 0.1) is 0 Å². The van der Waals surface area contributed by atoms with Gasteiger partial charge in [0.05, 0.1) is 5.56 Å². The molecule has 0 unspecified atom stereocenters. The van der Waals surface area contributed by atoms with E-state index in [2.05, 4.69) is 20.1 Å². The number of carbonyl (C=O) groups is 1. The minimum Gasteiger partial charge on any atom is -0.366 e. The molecule has 0 fully saturated rings. The Morgan fingerprint density at radius 2 is 1.83 bits per heavy atom. The SMILES string of the molecule is CN(C)Cc1ccc(-c2nnc3cccc(C(N)=O)c3n2)cc1. The second-order valence-electron chi connectivity index (χ2n) is 5.61. The Morgan fingerprint density at radius 3 is 2.48 bits per heavy atom. The van der Waals surface area contributed by atoms with Gasteiger partial charge in [0.25, 0.3) is 5.91 Å². The normalized spacial score (nSPS) is 11.1. The first kappa shape index (κ1) is 15.1. The third-order valence-electron chi connectivity index (χ3n) is 3.46. The van der Waals surface area contributed by atoms with E-state index in [1.165, 1.54) is 5.56 Å². The smallest absolute Gasteiger partial charge is 0.250 e. The highest BCUT2D eigenvalue weighted by Gasteiger charge is 2.11. The average Bonchev–Trinajstić information content (AvgIpc) is 2.54. The maximum absolute atomic E-state index is 11.5. The Hall–Kier alpha value is -2.86. The number of aromatic nitrogens is 3. The standard InChI is InChI=1S/C17H17N5O/c1-22(2)10-11-6-8-12(9-7-11)17-19-15-13(16(18)23)4-3-5-14(15)20-21-17/h3-9H,10H2,1-2H3,(H2,18,23). The number of benzene rings is 2. The number of nitrogens with two attached hydrogens (primary N) is 1. The van der Waals surface area contributed by atoms with E-state index in [-0.39, 0.29) is 0 Å². The molecule has 116 valence electrons. The quantitative estimate of drug-likeness (QED) is 0.795. The maximum Gasteiger partial charge on any atom is 0.250 e. The number of carbonyl (C=O) groups excluding carboxylic acids is 1. The van der Waals surface area contributed by atoms with E-state index in [0.717, 1.165) is 12.1 Å². The predicted octanol–water partition coefficient (Wildman–Crippen LogP) is 1.85. The molecule has 1 heterocycles. The molecule has 1 amide bonds. The summed E-state index contributed by atoms with van der Waals surface area (Å²) >= 11 is 0. The molecule has 0 aliphatic rings. The number of para-hydroxylation sites is 1. The fourth-order valence-corrected chi connectivity index (χ4v) is 2.40. The van der Waals surface area contributed by atoms with Gasteiger partial charge in [-0.3, -0.25) is 4.79 Å². The predicted molar refractivity (Wildman–Crippen MR) is 88.7 cm³/mol. The van der Waals surface area contributed by atoms with Crippen molar-refractivity contribution in [3.8, 4) is 11.4 Å². The van der Waals surface area contributed by atoms with Crippen molar-refractivity contribution in [3.05, 3.63) is 53.6 Å². The van der Waals surface area contributed by atoms with Gasteiger partial charge in [-0.2, -0.15) is 0 Å². The van der Waals surface area contributed by atoms with Crippen LogP contribution in [0.25, 0.3) is 22.4 Å². The Balaban J connectivity index is 2.03. The Bertz CT molecular complexity index is 858. The van der Waals surface area contributed by atoms with E-state index >= 15 is 0 Å². The third-order valence-corrected chi connectivity index (χ3v) is 3.46. The number of hydrogen-bond donors (Lipinski definition) is 1. The highest BCUT2D eigenvalue weighted by atomic mass is 16.1. The van der Waals surface area contributed by atoms with Crippen molar-refractivity contribution < 1.29 is 4.79 Å². The van der Waals surface area contributed by atoms with E-state index < -0.39 is 5.91 Å². The van der Waals surface area contributed by atoms with Crippen LogP contribution in [-0.4, -0.2) is 40.1 Å². The van der Waals surface area contributed by atoms with Gasteiger partial charge in [0.15, 0.2) is 5.82 Å². The van der Waals surface area contributed by atoms with Crippen LogP contribution in [0.3, 0.4) is 0 Å². The molecule has 2 N–H and O–H groups in total. The molecule has 6 nitrogen and oxygen atoms in total. The first-order chi connectivity index (χ1) is 11.0. The van der Waals surface area contributed by atoms with Gasteiger partial charge in [-0.25, -0.2) is 4.98 Å². The molecule has 23 heavy (non-hydrogen) atoms. The van der Waals surface area contributed by atoms with Crippen molar-refractivity contribution in [3.63, 3.8) is 0 Å². The van der Waals surface area contributed by atoms with Crippen molar-refractivity contribution in [2.45, 2.75) is 6.54 Å². The first-order valence-corrected chi connectivity index (χ1v) is 7.22. The number of fused-ring (bicyclic) bond motifs is 1. The summed E-state index contributed by atoms with van der Waals surface area (Å²) in [6.07, 6.45) is 0. The van der Waals surface area contributed by atoms with Gasteiger partial charge in [0, 0.05) is 12.1 Å². The monoisotopic (exact) mass is 307 g/mol. The summed E-state index contributed by atoms with van der Waals surface area (Å²) in [5.74, 6) is -0.0500. The van der Waals surface area contributed by atoms with E-state index in [4.69, 9.17) is 5.73 Å². The van der Waals surface area contributed by atoms with Gasteiger partial charge in [-0.1, -0.05) is 30.3 Å². The molecule has 0 saturated carbocycles. The van der Waals surface area contributed by atoms with Crippen LogP contribution in [0.5, 0.6) is 0 Å². The molecule has 0 aliphatic carbocycles. The lowest BCUT2D eigenvalue weighted by atomic mass is 10.1. The van der Waals surface area contributed by atoms with Crippen molar-refractivity contribution in [2.75, 3.05) is 14.1 Å². The van der Waals surface area contributed by atoms with Crippen molar-refractivity contribution in [2.24, 2.45) is 5.73 Å². The minimum absolute atomic E-state index is 0.350. The maximum atomic E-state index is 11.5. The van der Waals surface area contributed by atoms with Gasteiger partial charge < -0.3 is 10.6 Å². The molecule has 0 aliphatic heterocycles. The fraction of sp³-hybridized carbons (Fsp3) is 0.176. The summed E-state index contributed by atoms with van der Waals surface area (Å²) in [5.41, 5.74) is 8.83. The average molecular weight is 307 g/mol. The van der Waals surface area contributed by atoms with E-state index in [1.807, 2.05) is 38.4 Å². The lowest BCUT2D eigenvalue weighted by Gasteiger charge is -2.10. The number of amides is 1. The van der Waals surface area contributed by atoms with Crippen molar-refractivity contribution >= 4 is 16.9 Å². The Kier molecular flexibility index (Phi) is 3.99. The molecule has 0 spiro atoms. The molecule has 0 radical (unpaired) electrons. The Labute approximate surface area is 134 Å². The zero-order valence-corrected chi connectivity index (χ0v) is 13.0. The fourth-order valence-electron chi connectivity index (χ4n) is 2.40. The van der Waals surface area contributed by atoms with Crippen LogP contribution in [0.2, 0.25) is 0 Å². The molecule has 0 saturated heterocycles. The number of nitrogens with zero attached hydrogens (tertiary/aromatic N) is 4. The summed E-state index contributed by atoms with van der Waals surface area (Å²) in [7, 11) is 4.05. The van der Waals surface area contributed by atoms with Gasteiger partial charge in [0.2, 0.25) is 0 Å². The van der Waals surface area contributed by atoms with E-state index in [1.54, 1.807) is 18.2 Å². The van der Waals surface area contributed by atoms with Crippen LogP contribution in [0.1, 0.15) is 15.9 Å². The summed E-state index contributed by atoms with van der Waals surface area (Å²) in [6, 6.07) is 13.1. The zero-order chi connectivity index (χ0) is 16.4. The van der Waals surface area contributed by atoms with Crippen molar-refractivity contribution in [1.82, 2.24) is 20.1 Å². The molecular formula is C17H17N5O. The number of rotatable bonds is 4. The highest BCUT2D eigenvalue weighted by molar-refractivity contribution is 6.03. The summed E-state index contributed by atoms with van der Waals surface area (Å²) in [4.78, 5) is 18.1. The second-order valence-corrected chi connectivity index (χ2v) is 5.61. The first-order valence-electron chi connectivity index (χ1n) is 7.22. The number of hydrogen-bond acceptors (Lipinski definition) is 5. The van der Waals surface area contributed by atoms with Gasteiger partial charge >= 0.3 is 0 Å². The molecule has 3 rings (SSSR count). The summed E-state index contributed by atoms with van der Waals surface area (Å²) in [5, 5.41) is 8.29. The van der Waals surface area contributed by atoms with Crippen LogP contribution >= 0.6 is 0 Å². The third kappa shape index (κ3) is 3.17. The van der Waals surface area contributed by atoms with E-state index in [0.29, 0.717) is 22.4 Å². The topological polar surface area (TPSA) is 85.0 Å². The van der Waals surface area contributed by atoms with Crippen molar-refractivity contribution in [1.29, 1.82) is 0 Å². The van der Waals surface area contributed by atoms with Crippen LogP contribution in [-0.2, 0) is 6.54 Å². The zero-order valence-electron chi connectivity index (χ0n) is 13.0. The van der Waals surface area contributed by atoms with E-state index in [9.17, 15) is 4.79 Å². The molecule has 1 aromatic heterocycles. The Morgan fingerprint density at radius 1 is 1.09 bits per heavy atom. The van der Waals surface area contributed by atoms with Crippen LogP contribution in [0.4, 0.5) is 0 Å². The summed E-state index contributed by atoms with van der Waals surface area (Å²) in [6.45, 7) is 0.864. The highest BCUT2D eigenvalue weighted by Crippen LogP contribution is 2.20. The van der Waals surface area contributed by atoms with Crippen LogP contribution in [0.15, 0.2) is 42.5 Å². The lowest BCUT2D eigenvalue weighted by molar-refractivity contribution is 0.100. The summed E-state index contributed by atoms with van der Waals surface area (Å²) < 4.78 is 0. The largest absolute Gasteiger partial charge is 0.366 e. The second kappa shape index (κ2) is 6.10. The van der Waals surface area contributed by atoms with Crippen LogP contribution < -0.4 is 5.73 Å². The van der Waals surface area contributed by atoms with Gasteiger partial charge in [0.1, 0.15) is 11.0 Å². The molecule has 0 bridgehead atoms. The molecule has 3 aromatic rings. The molecule has 6 heteroatoms. The van der Waals surface area contributed by atoms with Gasteiger partial charge in [-0.05, 0) is 31.8 Å². The minimum atomic E-state index is -0.525. The van der Waals surface area contributed by atoms with Gasteiger partial charge in [-0.15, -0.1) is 10.2 Å². The molecular weight excluding hydrogens is 290 g/mol. The molecule has 2 aromatic carbocycles. The number of primary amides is 1.